The smallest absolute Gasteiger partial charge is 0.264 e. The molecule has 4 aromatic carbocycles. The van der Waals surface area contributed by atoms with Gasteiger partial charge in [-0.2, -0.15) is 0 Å². The molecule has 10 heteroatoms. The first kappa shape index (κ1) is 34.0. The first-order chi connectivity index (χ1) is 22.6. The van der Waals surface area contributed by atoms with Crippen LogP contribution in [0.25, 0.3) is 0 Å². The second-order valence-electron chi connectivity index (χ2n) is 11.9. The summed E-state index contributed by atoms with van der Waals surface area (Å²) < 4.78 is 35.4. The van der Waals surface area contributed by atoms with Gasteiger partial charge in [-0.05, 0) is 86.8 Å². The maximum atomic E-state index is 14.3. The molecule has 246 valence electrons. The average Bonchev–Trinajstić information content (AvgIpc) is 3.08. The third kappa shape index (κ3) is 8.73. The quantitative estimate of drug-likeness (QED) is 0.168. The summed E-state index contributed by atoms with van der Waals surface area (Å²) in [7, 11) is -4.20. The summed E-state index contributed by atoms with van der Waals surface area (Å²) in [6.07, 6.45) is 5.02. The maximum Gasteiger partial charge on any atom is 0.264 e. The van der Waals surface area contributed by atoms with Crippen molar-refractivity contribution in [2.24, 2.45) is 0 Å². The van der Waals surface area contributed by atoms with Crippen LogP contribution in [0, 0.1) is 6.92 Å². The lowest BCUT2D eigenvalue weighted by atomic mass is 9.95. The summed E-state index contributed by atoms with van der Waals surface area (Å²) in [5, 5.41) is 3.56. The number of hydrogen-bond donors (Lipinski definition) is 1. The molecule has 1 saturated carbocycles. The molecule has 0 radical (unpaired) electrons. The van der Waals surface area contributed by atoms with Crippen LogP contribution in [0.1, 0.15) is 50.2 Å². The van der Waals surface area contributed by atoms with E-state index in [4.69, 9.17) is 16.3 Å². The van der Waals surface area contributed by atoms with E-state index in [1.165, 1.54) is 17.0 Å². The highest BCUT2D eigenvalue weighted by atomic mass is 35.5. The largest absolute Gasteiger partial charge is 0.457 e. The number of rotatable bonds is 12. The highest BCUT2D eigenvalue weighted by Gasteiger charge is 2.33. The molecule has 1 unspecified atom stereocenters. The number of aryl methyl sites for hydroxylation is 1. The van der Waals surface area contributed by atoms with Crippen molar-refractivity contribution in [3.63, 3.8) is 0 Å². The van der Waals surface area contributed by atoms with Gasteiger partial charge in [0.05, 0.1) is 10.6 Å². The normalized spacial score (nSPS) is 14.2. The molecule has 1 aliphatic rings. The van der Waals surface area contributed by atoms with Gasteiger partial charge in [0.15, 0.2) is 0 Å². The number of amides is 2. The van der Waals surface area contributed by atoms with Gasteiger partial charge in [0, 0.05) is 17.6 Å². The maximum absolute atomic E-state index is 14.3. The Hall–Kier alpha value is -4.34. The van der Waals surface area contributed by atoms with Gasteiger partial charge in [-0.1, -0.05) is 85.0 Å². The van der Waals surface area contributed by atoms with E-state index >= 15 is 0 Å². The van der Waals surface area contributed by atoms with Crippen LogP contribution in [0.3, 0.4) is 0 Å². The molecule has 5 rings (SSSR count). The van der Waals surface area contributed by atoms with Gasteiger partial charge >= 0.3 is 0 Å². The SMILES string of the molecule is Cc1ccc(S(=O)(=O)N(CC(=O)N(Cc2ccccc2Cl)C(C)C(=O)NC2CCCCC2)c2ccc(Oc3ccccc3)cc2)cc1. The lowest BCUT2D eigenvalue weighted by Crippen LogP contribution is -2.53. The van der Waals surface area contributed by atoms with Gasteiger partial charge in [-0.25, -0.2) is 8.42 Å². The Kier molecular flexibility index (Phi) is 11.2. The molecule has 2 amide bonds. The Labute approximate surface area is 282 Å². The number of nitrogens with zero attached hydrogens (tertiary/aromatic N) is 2. The van der Waals surface area contributed by atoms with Crippen molar-refractivity contribution in [1.82, 2.24) is 10.2 Å². The van der Waals surface area contributed by atoms with E-state index in [2.05, 4.69) is 5.32 Å². The fraction of sp³-hybridized carbons (Fsp3) is 0.297. The van der Waals surface area contributed by atoms with Crippen molar-refractivity contribution in [2.75, 3.05) is 10.8 Å². The fourth-order valence-electron chi connectivity index (χ4n) is 5.63. The minimum atomic E-state index is -4.20. The molecule has 4 aromatic rings. The first-order valence-electron chi connectivity index (χ1n) is 15.9. The van der Waals surface area contributed by atoms with Crippen LogP contribution in [0.4, 0.5) is 5.69 Å². The molecule has 1 aliphatic carbocycles. The number of benzene rings is 4. The molecule has 0 heterocycles. The van der Waals surface area contributed by atoms with Gasteiger partial charge in [0.1, 0.15) is 24.1 Å². The number of anilines is 1. The molecule has 47 heavy (non-hydrogen) atoms. The summed E-state index contributed by atoms with van der Waals surface area (Å²) in [4.78, 5) is 29.3. The Morgan fingerprint density at radius 1 is 0.851 bits per heavy atom. The van der Waals surface area contributed by atoms with E-state index in [1.54, 1.807) is 61.5 Å². The van der Waals surface area contributed by atoms with Crippen molar-refractivity contribution < 1.29 is 22.7 Å². The van der Waals surface area contributed by atoms with Crippen LogP contribution in [0.5, 0.6) is 11.5 Å². The summed E-state index contributed by atoms with van der Waals surface area (Å²) in [6, 6.07) is 28.5. The summed E-state index contributed by atoms with van der Waals surface area (Å²) >= 11 is 6.50. The molecule has 0 aliphatic heterocycles. The van der Waals surface area contributed by atoms with Gasteiger partial charge in [0.25, 0.3) is 10.0 Å². The molecule has 0 saturated heterocycles. The van der Waals surface area contributed by atoms with Crippen LogP contribution >= 0.6 is 11.6 Å². The minimum absolute atomic E-state index is 0.0278. The summed E-state index contributed by atoms with van der Waals surface area (Å²) in [5.41, 5.74) is 1.82. The van der Waals surface area contributed by atoms with Crippen molar-refractivity contribution in [2.45, 2.75) is 69.5 Å². The zero-order valence-electron chi connectivity index (χ0n) is 26.6. The first-order valence-corrected chi connectivity index (χ1v) is 17.7. The fourth-order valence-corrected chi connectivity index (χ4v) is 7.24. The molecule has 1 fully saturated rings. The van der Waals surface area contributed by atoms with Crippen molar-refractivity contribution in [3.8, 4) is 11.5 Å². The highest BCUT2D eigenvalue weighted by Crippen LogP contribution is 2.29. The number of para-hydroxylation sites is 1. The molecule has 0 aromatic heterocycles. The zero-order chi connectivity index (χ0) is 33.4. The second-order valence-corrected chi connectivity index (χ2v) is 14.1. The van der Waals surface area contributed by atoms with Gasteiger partial charge in [-0.15, -0.1) is 0 Å². The number of hydrogen-bond acceptors (Lipinski definition) is 5. The number of halogens is 1. The van der Waals surface area contributed by atoms with E-state index in [9.17, 15) is 18.0 Å². The van der Waals surface area contributed by atoms with Crippen LogP contribution < -0.4 is 14.4 Å². The van der Waals surface area contributed by atoms with E-state index < -0.39 is 28.5 Å². The third-order valence-electron chi connectivity index (χ3n) is 8.41. The average molecular weight is 674 g/mol. The summed E-state index contributed by atoms with van der Waals surface area (Å²) in [6.45, 7) is 3.03. The van der Waals surface area contributed by atoms with Crippen molar-refractivity contribution >= 4 is 39.1 Å². The van der Waals surface area contributed by atoms with E-state index in [-0.39, 0.29) is 29.1 Å². The number of carbonyl (C=O) groups is 2. The molecule has 0 spiro atoms. The Morgan fingerprint density at radius 3 is 2.13 bits per heavy atom. The van der Waals surface area contributed by atoms with Gasteiger partial charge in [-0.3, -0.25) is 13.9 Å². The topological polar surface area (TPSA) is 96.0 Å². The third-order valence-corrected chi connectivity index (χ3v) is 10.6. The van der Waals surface area contributed by atoms with Gasteiger partial charge in [0.2, 0.25) is 11.8 Å². The molecule has 0 bridgehead atoms. The lowest BCUT2D eigenvalue weighted by Gasteiger charge is -2.33. The number of carbonyl (C=O) groups excluding carboxylic acids is 2. The number of sulfonamides is 1. The number of nitrogens with one attached hydrogen (secondary N) is 1. The second kappa shape index (κ2) is 15.5. The molecular weight excluding hydrogens is 634 g/mol. The predicted octanol–water partition coefficient (Wildman–Crippen LogP) is 7.50. The van der Waals surface area contributed by atoms with Crippen molar-refractivity contribution in [3.05, 3.63) is 119 Å². The van der Waals surface area contributed by atoms with Crippen LogP contribution in [0.2, 0.25) is 5.02 Å². The standard InChI is InChI=1S/C37H40ClN3O5S/c1-27-17-23-34(24-18-27)47(44,45)41(31-19-21-33(22-20-31)46-32-14-7-4-8-15-32)26-36(42)40(25-29-11-9-10-16-35(29)38)28(2)37(43)39-30-12-5-3-6-13-30/h4,7-11,14-24,28,30H,3,5-6,12-13,25-26H2,1-2H3,(H,39,43). The lowest BCUT2D eigenvalue weighted by molar-refractivity contribution is -0.139. The minimum Gasteiger partial charge on any atom is -0.457 e. The molecule has 1 N–H and O–H groups in total. The van der Waals surface area contributed by atoms with Crippen molar-refractivity contribution in [1.29, 1.82) is 0 Å². The zero-order valence-corrected chi connectivity index (χ0v) is 28.2. The molecule has 8 nitrogen and oxygen atoms in total. The number of ether oxygens (including phenoxy) is 1. The highest BCUT2D eigenvalue weighted by molar-refractivity contribution is 7.92. The Balaban J connectivity index is 1.47. The summed E-state index contributed by atoms with van der Waals surface area (Å²) in [5.74, 6) is 0.312. The predicted molar refractivity (Wildman–Crippen MR) is 185 cm³/mol. The van der Waals surface area contributed by atoms with Gasteiger partial charge < -0.3 is 15.0 Å². The molecule has 1 atom stereocenters. The van der Waals surface area contributed by atoms with Crippen LogP contribution in [-0.4, -0.2) is 43.8 Å². The van der Waals surface area contributed by atoms with Crippen LogP contribution in [0.15, 0.2) is 108 Å². The Morgan fingerprint density at radius 2 is 1.47 bits per heavy atom. The monoisotopic (exact) mass is 673 g/mol. The van der Waals surface area contributed by atoms with E-state index in [0.717, 1.165) is 42.0 Å². The van der Waals surface area contributed by atoms with E-state index in [1.807, 2.05) is 43.3 Å². The Bertz CT molecular complexity index is 1760. The van der Waals surface area contributed by atoms with Crippen LogP contribution in [-0.2, 0) is 26.2 Å². The molecular formula is C37H40ClN3O5S. The van der Waals surface area contributed by atoms with E-state index in [0.29, 0.717) is 22.1 Å².